The van der Waals surface area contributed by atoms with Crippen LogP contribution < -0.4 is 0 Å². The maximum Gasteiger partial charge on any atom is 0.191 e. The topological polar surface area (TPSA) is 64.8 Å². The number of aromatic amines is 1. The van der Waals surface area contributed by atoms with E-state index in [2.05, 4.69) is 21.3 Å². The fourth-order valence-electron chi connectivity index (χ4n) is 2.29. The van der Waals surface area contributed by atoms with E-state index in [4.69, 9.17) is 0 Å². The van der Waals surface area contributed by atoms with Crippen molar-refractivity contribution in [3.8, 4) is 6.07 Å². The second-order valence-electron chi connectivity index (χ2n) is 5.34. The van der Waals surface area contributed by atoms with Gasteiger partial charge < -0.3 is 0 Å². The number of aryl methyl sites for hydroxylation is 1. The van der Waals surface area contributed by atoms with Gasteiger partial charge in [0.1, 0.15) is 11.6 Å². The minimum absolute atomic E-state index is 0.430. The Kier molecular flexibility index (Phi) is 4.30. The van der Waals surface area contributed by atoms with E-state index in [1.807, 2.05) is 61.5 Å². The molecule has 1 heterocycles. The lowest BCUT2D eigenvalue weighted by Gasteiger charge is -1.98. The molecule has 1 N–H and O–H groups in total. The molecule has 0 atom stereocenters. The minimum Gasteiger partial charge on any atom is -0.279 e. The quantitative estimate of drug-likeness (QED) is 0.742. The third kappa shape index (κ3) is 3.53. The third-order valence-electron chi connectivity index (χ3n) is 3.57. The van der Waals surface area contributed by atoms with Crippen LogP contribution in [0.1, 0.15) is 27.9 Å². The van der Waals surface area contributed by atoms with Crippen LogP contribution in [0.15, 0.2) is 59.6 Å². The number of aliphatic imine (C=N–C) groups is 1. The van der Waals surface area contributed by atoms with Crippen LogP contribution in [-0.4, -0.2) is 16.4 Å². The smallest absolute Gasteiger partial charge is 0.191 e. The molecule has 0 saturated carbocycles. The summed E-state index contributed by atoms with van der Waals surface area (Å²) in [5.41, 5.74) is 4.59. The monoisotopic (exact) mass is 300 g/mol. The summed E-state index contributed by atoms with van der Waals surface area (Å²) >= 11 is 0. The Balaban J connectivity index is 1.84. The van der Waals surface area contributed by atoms with Crippen molar-refractivity contribution < 1.29 is 0 Å². The van der Waals surface area contributed by atoms with Crippen molar-refractivity contribution in [2.24, 2.45) is 4.99 Å². The van der Waals surface area contributed by atoms with Crippen molar-refractivity contribution in [1.82, 2.24) is 10.2 Å². The lowest BCUT2D eigenvalue weighted by molar-refractivity contribution is 0.993. The van der Waals surface area contributed by atoms with Crippen molar-refractivity contribution in [3.63, 3.8) is 0 Å². The van der Waals surface area contributed by atoms with Crippen LogP contribution in [0.5, 0.6) is 0 Å². The molecule has 4 nitrogen and oxygen atoms in total. The molecule has 0 aliphatic rings. The molecule has 23 heavy (non-hydrogen) atoms. The van der Waals surface area contributed by atoms with Gasteiger partial charge in [-0.3, -0.25) is 5.10 Å². The number of benzene rings is 2. The number of hydrogen-bond acceptors (Lipinski definition) is 3. The Morgan fingerprint density at radius 1 is 1.13 bits per heavy atom. The van der Waals surface area contributed by atoms with Crippen molar-refractivity contribution in [3.05, 3.63) is 82.5 Å². The van der Waals surface area contributed by atoms with Crippen molar-refractivity contribution >= 4 is 12.0 Å². The molecule has 0 bridgehead atoms. The summed E-state index contributed by atoms with van der Waals surface area (Å²) in [5.74, 6) is 0.430. The summed E-state index contributed by atoms with van der Waals surface area (Å²) in [7, 11) is 0. The second-order valence-corrected chi connectivity index (χ2v) is 5.34. The number of nitrogens with zero attached hydrogens (tertiary/aromatic N) is 3. The second kappa shape index (κ2) is 6.71. The van der Waals surface area contributed by atoms with Gasteiger partial charge in [0.2, 0.25) is 0 Å². The average molecular weight is 300 g/mol. The largest absolute Gasteiger partial charge is 0.279 e. The highest BCUT2D eigenvalue weighted by Gasteiger charge is 2.12. The van der Waals surface area contributed by atoms with Gasteiger partial charge in [0, 0.05) is 12.6 Å². The summed E-state index contributed by atoms with van der Waals surface area (Å²) in [5, 5.41) is 16.5. The van der Waals surface area contributed by atoms with Crippen LogP contribution in [0.3, 0.4) is 0 Å². The molecule has 0 aliphatic heterocycles. The highest BCUT2D eigenvalue weighted by Crippen LogP contribution is 2.21. The zero-order valence-electron chi connectivity index (χ0n) is 12.8. The molecule has 0 unspecified atom stereocenters. The molecule has 3 aromatic rings. The van der Waals surface area contributed by atoms with Crippen LogP contribution in [0, 0.1) is 18.3 Å². The van der Waals surface area contributed by atoms with Crippen LogP contribution in [0.25, 0.3) is 0 Å². The lowest BCUT2D eigenvalue weighted by atomic mass is 10.1. The molecule has 0 amide bonds. The van der Waals surface area contributed by atoms with Crippen LogP contribution in [0.2, 0.25) is 0 Å². The van der Waals surface area contributed by atoms with Crippen molar-refractivity contribution in [2.45, 2.75) is 13.3 Å². The molecule has 4 heteroatoms. The predicted octanol–water partition coefficient (Wildman–Crippen LogP) is 3.93. The molecule has 2 aromatic carbocycles. The van der Waals surface area contributed by atoms with E-state index in [-0.39, 0.29) is 0 Å². The normalized spacial score (nSPS) is 10.8. The first-order valence-electron chi connectivity index (χ1n) is 7.38. The molecular weight excluding hydrogens is 284 g/mol. The number of hydrogen-bond donors (Lipinski definition) is 1. The number of rotatable bonds is 4. The average Bonchev–Trinajstić information content (AvgIpc) is 2.97. The molecule has 0 spiro atoms. The molecule has 112 valence electrons. The van der Waals surface area contributed by atoms with Crippen molar-refractivity contribution in [1.29, 1.82) is 5.26 Å². The first-order chi connectivity index (χ1) is 11.3. The highest BCUT2D eigenvalue weighted by molar-refractivity contribution is 5.82. The lowest BCUT2D eigenvalue weighted by Crippen LogP contribution is -1.91. The number of aromatic nitrogens is 2. The summed E-state index contributed by atoms with van der Waals surface area (Å²) in [4.78, 5) is 4.35. The number of nitrogens with one attached hydrogen (secondary N) is 1. The zero-order chi connectivity index (χ0) is 16.1. The number of H-pyrrole nitrogens is 1. The summed E-state index contributed by atoms with van der Waals surface area (Å²) in [6.45, 7) is 2.04. The Morgan fingerprint density at radius 2 is 1.87 bits per heavy atom. The maximum absolute atomic E-state index is 9.42. The van der Waals surface area contributed by atoms with E-state index in [0.29, 0.717) is 17.8 Å². The van der Waals surface area contributed by atoms with Crippen LogP contribution in [-0.2, 0) is 6.42 Å². The van der Waals surface area contributed by atoms with E-state index in [1.165, 1.54) is 5.56 Å². The number of nitriles is 1. The van der Waals surface area contributed by atoms with Gasteiger partial charge >= 0.3 is 0 Å². The van der Waals surface area contributed by atoms with Gasteiger partial charge in [0.05, 0.1) is 5.69 Å². The fourth-order valence-corrected chi connectivity index (χ4v) is 2.29. The molecular formula is C19H16N4. The molecule has 0 saturated heterocycles. The maximum atomic E-state index is 9.42. The Morgan fingerprint density at radius 3 is 2.57 bits per heavy atom. The molecule has 0 radical (unpaired) electrons. The first kappa shape index (κ1) is 14.7. The molecule has 0 aliphatic carbocycles. The van der Waals surface area contributed by atoms with Gasteiger partial charge in [-0.05, 0) is 18.1 Å². The molecule has 0 fully saturated rings. The van der Waals surface area contributed by atoms with Crippen molar-refractivity contribution in [2.75, 3.05) is 0 Å². The van der Waals surface area contributed by atoms with Gasteiger partial charge in [0.15, 0.2) is 5.82 Å². The minimum atomic E-state index is 0.430. The van der Waals surface area contributed by atoms with E-state index >= 15 is 0 Å². The zero-order valence-corrected chi connectivity index (χ0v) is 12.8. The Hall–Kier alpha value is -3.19. The van der Waals surface area contributed by atoms with E-state index in [9.17, 15) is 5.26 Å². The SMILES string of the molecule is Cc1ccc(C=Nc2n[nH]c(Cc3ccccc3)c2C#N)cc1. The highest BCUT2D eigenvalue weighted by atomic mass is 15.2. The van der Waals surface area contributed by atoms with Crippen LogP contribution in [0.4, 0.5) is 5.82 Å². The predicted molar refractivity (Wildman–Crippen MR) is 91.0 cm³/mol. The van der Waals surface area contributed by atoms with E-state index in [1.54, 1.807) is 6.21 Å². The molecule has 3 rings (SSSR count). The molecule has 1 aromatic heterocycles. The van der Waals surface area contributed by atoms with Gasteiger partial charge in [-0.25, -0.2) is 4.99 Å². The summed E-state index contributed by atoms with van der Waals surface area (Å²) < 4.78 is 0. The fraction of sp³-hybridized carbons (Fsp3) is 0.105. The van der Waals surface area contributed by atoms with E-state index < -0.39 is 0 Å². The Bertz CT molecular complexity index is 853. The summed E-state index contributed by atoms with van der Waals surface area (Å²) in [6.07, 6.45) is 2.36. The third-order valence-corrected chi connectivity index (χ3v) is 3.57. The van der Waals surface area contributed by atoms with E-state index in [0.717, 1.165) is 16.8 Å². The summed E-state index contributed by atoms with van der Waals surface area (Å²) in [6, 6.07) is 20.2. The first-order valence-corrected chi connectivity index (χ1v) is 7.38. The Labute approximate surface area is 135 Å². The van der Waals surface area contributed by atoms with Gasteiger partial charge in [0.25, 0.3) is 0 Å². The van der Waals surface area contributed by atoms with Crippen LogP contribution >= 0.6 is 0 Å². The van der Waals surface area contributed by atoms with Gasteiger partial charge in [-0.1, -0.05) is 60.2 Å². The standard InChI is InChI=1S/C19H16N4/c1-14-7-9-16(10-8-14)13-21-19-17(12-20)18(22-23-19)11-15-5-3-2-4-6-15/h2-10,13H,11H2,1H3,(H,22,23). The van der Waals surface area contributed by atoms with Gasteiger partial charge in [-0.15, -0.1) is 0 Å². The van der Waals surface area contributed by atoms with Gasteiger partial charge in [-0.2, -0.15) is 10.4 Å².